The Bertz CT molecular complexity index is 698. The largest absolute Gasteiger partial charge is 0.357 e. The fourth-order valence-corrected chi connectivity index (χ4v) is 2.98. The summed E-state index contributed by atoms with van der Waals surface area (Å²) in [6.07, 6.45) is 5.26. The van der Waals surface area contributed by atoms with E-state index >= 15 is 0 Å². The molecule has 1 aromatic heterocycles. The van der Waals surface area contributed by atoms with Crippen LogP contribution in [-0.2, 0) is 13.6 Å². The van der Waals surface area contributed by atoms with E-state index in [1.165, 1.54) is 11.1 Å². The lowest BCUT2D eigenvalue weighted by Crippen LogP contribution is -2.39. The third-order valence-electron chi connectivity index (χ3n) is 4.05. The lowest BCUT2D eigenvalue weighted by molar-refractivity contribution is 0.794. The lowest BCUT2D eigenvalue weighted by atomic mass is 10.1. The van der Waals surface area contributed by atoms with E-state index in [4.69, 9.17) is 11.6 Å². The van der Waals surface area contributed by atoms with Crippen LogP contribution in [0.1, 0.15) is 30.4 Å². The topological polar surface area (TPSA) is 41.4 Å². The zero-order valence-corrected chi connectivity index (χ0v) is 17.1. The van der Waals surface area contributed by atoms with Crippen molar-refractivity contribution in [1.29, 1.82) is 0 Å². The summed E-state index contributed by atoms with van der Waals surface area (Å²) in [5.74, 6) is 1.40. The van der Waals surface area contributed by atoms with E-state index < -0.39 is 0 Å². The van der Waals surface area contributed by atoms with Crippen molar-refractivity contribution in [3.63, 3.8) is 0 Å². The first-order chi connectivity index (χ1) is 11.2. The molecular formula is C18H24ClIN4. The van der Waals surface area contributed by atoms with Crippen LogP contribution in [0.5, 0.6) is 0 Å². The maximum atomic E-state index is 6.08. The van der Waals surface area contributed by atoms with Crippen LogP contribution < -0.4 is 10.6 Å². The quantitative estimate of drug-likeness (QED) is 0.405. The number of aryl methyl sites for hydroxylation is 1. The Morgan fingerprint density at radius 1 is 1.38 bits per heavy atom. The molecule has 0 radical (unpaired) electrons. The first-order valence-electron chi connectivity index (χ1n) is 8.07. The second-order valence-electron chi connectivity index (χ2n) is 6.03. The van der Waals surface area contributed by atoms with Crippen LogP contribution in [0.3, 0.4) is 0 Å². The number of benzene rings is 1. The van der Waals surface area contributed by atoms with Gasteiger partial charge in [-0.1, -0.05) is 23.7 Å². The van der Waals surface area contributed by atoms with E-state index in [1.807, 2.05) is 29.9 Å². The molecule has 2 atom stereocenters. The molecule has 1 aliphatic carbocycles. The molecule has 2 N–H and O–H groups in total. The van der Waals surface area contributed by atoms with Crippen LogP contribution >= 0.6 is 35.6 Å². The van der Waals surface area contributed by atoms with Crippen molar-refractivity contribution in [2.45, 2.75) is 31.8 Å². The number of hydrogen-bond donors (Lipinski definition) is 2. The minimum absolute atomic E-state index is 0. The SMILES string of the molecule is CCNC(=NCc1ccn(C)c1)NC1CC1c1cccc(Cl)c1.I. The number of hydrogen-bond acceptors (Lipinski definition) is 1. The van der Waals surface area contributed by atoms with Crippen LogP contribution in [0.15, 0.2) is 47.7 Å². The second-order valence-corrected chi connectivity index (χ2v) is 6.46. The smallest absolute Gasteiger partial charge is 0.191 e. The highest BCUT2D eigenvalue weighted by Gasteiger charge is 2.39. The first-order valence-corrected chi connectivity index (χ1v) is 8.44. The van der Waals surface area contributed by atoms with Crippen molar-refractivity contribution < 1.29 is 0 Å². The number of aromatic nitrogens is 1. The van der Waals surface area contributed by atoms with Crippen molar-refractivity contribution in [2.24, 2.45) is 12.0 Å². The zero-order valence-electron chi connectivity index (χ0n) is 14.0. The predicted molar refractivity (Wildman–Crippen MR) is 111 cm³/mol. The van der Waals surface area contributed by atoms with Gasteiger partial charge >= 0.3 is 0 Å². The van der Waals surface area contributed by atoms with Gasteiger partial charge in [0.1, 0.15) is 0 Å². The maximum absolute atomic E-state index is 6.08. The average Bonchev–Trinajstić information content (AvgIpc) is 3.17. The van der Waals surface area contributed by atoms with Gasteiger partial charge in [-0.25, -0.2) is 4.99 Å². The summed E-state index contributed by atoms with van der Waals surface area (Å²) in [6.45, 7) is 3.63. The Labute approximate surface area is 165 Å². The van der Waals surface area contributed by atoms with E-state index in [0.717, 1.165) is 23.9 Å². The number of guanidine groups is 1. The van der Waals surface area contributed by atoms with Gasteiger partial charge in [0.15, 0.2) is 5.96 Å². The Morgan fingerprint density at radius 3 is 2.88 bits per heavy atom. The van der Waals surface area contributed by atoms with E-state index in [0.29, 0.717) is 18.5 Å². The number of aliphatic imine (C=N–C) groups is 1. The number of nitrogens with zero attached hydrogens (tertiary/aromatic N) is 2. The summed E-state index contributed by atoms with van der Waals surface area (Å²) in [4.78, 5) is 4.68. The van der Waals surface area contributed by atoms with E-state index in [1.54, 1.807) is 0 Å². The van der Waals surface area contributed by atoms with Gasteiger partial charge < -0.3 is 15.2 Å². The van der Waals surface area contributed by atoms with Crippen LogP contribution in [0, 0.1) is 0 Å². The maximum Gasteiger partial charge on any atom is 0.191 e. The summed E-state index contributed by atoms with van der Waals surface area (Å²) < 4.78 is 2.04. The number of halogens is 2. The van der Waals surface area contributed by atoms with Gasteiger partial charge in [0.2, 0.25) is 0 Å². The van der Waals surface area contributed by atoms with E-state index in [2.05, 4.69) is 46.9 Å². The van der Waals surface area contributed by atoms with E-state index in [9.17, 15) is 0 Å². The second kappa shape index (κ2) is 8.76. The Kier molecular flexibility index (Phi) is 6.98. The molecule has 4 nitrogen and oxygen atoms in total. The van der Waals surface area contributed by atoms with E-state index in [-0.39, 0.29) is 24.0 Å². The van der Waals surface area contributed by atoms with Crippen LogP contribution in [0.2, 0.25) is 5.02 Å². The molecule has 1 fully saturated rings. The minimum Gasteiger partial charge on any atom is -0.357 e. The molecule has 0 spiro atoms. The molecule has 130 valence electrons. The van der Waals surface area contributed by atoms with Crippen LogP contribution in [-0.4, -0.2) is 23.1 Å². The highest BCUT2D eigenvalue weighted by atomic mass is 127. The average molecular weight is 459 g/mol. The molecule has 1 aromatic carbocycles. The van der Waals surface area contributed by atoms with Gasteiger partial charge in [-0.05, 0) is 42.7 Å². The Balaban J connectivity index is 0.00000208. The first kappa shape index (κ1) is 19.1. The monoisotopic (exact) mass is 458 g/mol. The fraction of sp³-hybridized carbons (Fsp3) is 0.389. The molecule has 1 saturated carbocycles. The zero-order chi connectivity index (χ0) is 16.2. The lowest BCUT2D eigenvalue weighted by Gasteiger charge is -2.11. The summed E-state index contributed by atoms with van der Waals surface area (Å²) in [6, 6.07) is 10.7. The predicted octanol–water partition coefficient (Wildman–Crippen LogP) is 3.91. The third-order valence-corrected chi connectivity index (χ3v) is 4.28. The van der Waals surface area contributed by atoms with Gasteiger partial charge in [0.25, 0.3) is 0 Å². The third kappa shape index (κ3) is 5.14. The van der Waals surface area contributed by atoms with Crippen molar-refractivity contribution in [3.8, 4) is 0 Å². The molecule has 0 saturated heterocycles. The summed E-state index contributed by atoms with van der Waals surface area (Å²) in [5, 5.41) is 7.65. The summed E-state index contributed by atoms with van der Waals surface area (Å²) >= 11 is 6.08. The Morgan fingerprint density at radius 2 is 2.21 bits per heavy atom. The van der Waals surface area contributed by atoms with Crippen molar-refractivity contribution in [3.05, 3.63) is 58.9 Å². The number of nitrogens with one attached hydrogen (secondary N) is 2. The molecule has 3 rings (SSSR count). The van der Waals surface area contributed by atoms with Crippen molar-refractivity contribution >= 4 is 41.5 Å². The molecule has 0 aliphatic heterocycles. The van der Waals surface area contributed by atoms with Gasteiger partial charge in [-0.3, -0.25) is 0 Å². The van der Waals surface area contributed by atoms with Crippen LogP contribution in [0.4, 0.5) is 0 Å². The molecule has 2 aromatic rings. The molecule has 2 unspecified atom stereocenters. The molecule has 0 bridgehead atoms. The van der Waals surface area contributed by atoms with Gasteiger partial charge in [-0.15, -0.1) is 24.0 Å². The molecule has 1 aliphatic rings. The highest BCUT2D eigenvalue weighted by Crippen LogP contribution is 2.41. The standard InChI is InChI=1S/C18H23ClN4.HI/c1-3-20-18(21-11-13-7-8-23(2)12-13)22-17-10-16(17)14-5-4-6-15(19)9-14;/h4-9,12,16-17H,3,10-11H2,1-2H3,(H2,20,21,22);1H. The molecular weight excluding hydrogens is 435 g/mol. The van der Waals surface area contributed by atoms with Crippen LogP contribution in [0.25, 0.3) is 0 Å². The molecule has 1 heterocycles. The molecule has 6 heteroatoms. The summed E-state index contributed by atoms with van der Waals surface area (Å²) in [5.41, 5.74) is 2.51. The Hall–Kier alpha value is -1.21. The minimum atomic E-state index is 0. The highest BCUT2D eigenvalue weighted by molar-refractivity contribution is 14.0. The molecule has 0 amide bonds. The van der Waals surface area contributed by atoms with Crippen molar-refractivity contribution in [1.82, 2.24) is 15.2 Å². The summed E-state index contributed by atoms with van der Waals surface area (Å²) in [7, 11) is 2.02. The normalized spacial score (nSPS) is 19.5. The van der Waals surface area contributed by atoms with Gasteiger partial charge in [-0.2, -0.15) is 0 Å². The number of rotatable bonds is 5. The molecule has 24 heavy (non-hydrogen) atoms. The van der Waals surface area contributed by atoms with Crippen molar-refractivity contribution in [2.75, 3.05) is 6.54 Å². The van der Waals surface area contributed by atoms with Gasteiger partial charge in [0.05, 0.1) is 6.54 Å². The fourth-order valence-electron chi connectivity index (χ4n) is 2.78. The van der Waals surface area contributed by atoms with Gasteiger partial charge in [0, 0.05) is 43.0 Å².